The second-order valence-electron chi connectivity index (χ2n) is 16.8. The fourth-order valence-corrected chi connectivity index (χ4v) is 11.7. The molecular weight excluding hydrogens is 810 g/mol. The smallest absolute Gasteiger partial charge is 0.323 e. The molecule has 12 nitrogen and oxygen atoms in total. The largest absolute Gasteiger partial charge is 0.460 e. The first-order valence-electron chi connectivity index (χ1n) is 21.2. The lowest BCUT2D eigenvalue weighted by Gasteiger charge is -2.42. The maximum Gasteiger partial charge on any atom is 0.323 e. The minimum Gasteiger partial charge on any atom is -0.460 e. The number of carbonyl (C=O) groups excluding carboxylic acids is 4. The zero-order valence-corrected chi connectivity index (χ0v) is 36.2. The van der Waals surface area contributed by atoms with Crippen LogP contribution >= 0.6 is 18.9 Å². The Bertz CT molecular complexity index is 2390. The molecule has 5 aromatic rings. The van der Waals surface area contributed by atoms with Gasteiger partial charge in [0.2, 0.25) is 11.8 Å². The van der Waals surface area contributed by atoms with Crippen LogP contribution in [0.4, 0.5) is 0 Å². The zero-order valence-electron chi connectivity index (χ0n) is 34.5. The fraction of sp³-hybridized carbons (Fsp3) is 0.383. The summed E-state index contributed by atoms with van der Waals surface area (Å²) in [6.45, 7) is 5.28. The first-order chi connectivity index (χ1) is 29.5. The van der Waals surface area contributed by atoms with Crippen molar-refractivity contribution in [2.75, 3.05) is 13.1 Å². The van der Waals surface area contributed by atoms with E-state index in [2.05, 4.69) is 15.4 Å². The number of carbonyl (C=O) groups is 4. The number of benzene rings is 3. The van der Waals surface area contributed by atoms with Crippen LogP contribution in [-0.2, 0) is 36.5 Å². The number of esters is 1. The van der Waals surface area contributed by atoms with Crippen molar-refractivity contribution in [3.8, 4) is 5.75 Å². The summed E-state index contributed by atoms with van der Waals surface area (Å²) in [7, 11) is -3.79. The molecule has 14 heteroatoms. The van der Waals surface area contributed by atoms with E-state index in [0.29, 0.717) is 48.5 Å². The Hall–Kier alpha value is -5.36. The number of aromatic nitrogens is 1. The van der Waals surface area contributed by atoms with Crippen LogP contribution in [0.1, 0.15) is 84.7 Å². The van der Waals surface area contributed by atoms with Crippen LogP contribution in [0, 0.1) is 5.92 Å². The maximum absolute atomic E-state index is 14.9. The summed E-state index contributed by atoms with van der Waals surface area (Å²) < 4.78 is 27.6. The highest BCUT2D eigenvalue weighted by atomic mass is 32.1. The van der Waals surface area contributed by atoms with Crippen molar-refractivity contribution in [3.05, 3.63) is 131 Å². The molecule has 3 aromatic carbocycles. The van der Waals surface area contributed by atoms with E-state index < -0.39 is 31.6 Å². The molecule has 3 aliphatic rings. The van der Waals surface area contributed by atoms with Gasteiger partial charge in [-0.15, -0.1) is 11.3 Å². The number of likely N-dealkylation sites (tertiary alicyclic amines) is 1. The van der Waals surface area contributed by atoms with Crippen molar-refractivity contribution in [2.24, 2.45) is 5.92 Å². The molecule has 0 saturated carbocycles. The summed E-state index contributed by atoms with van der Waals surface area (Å²) in [6.07, 6.45) is 7.39. The van der Waals surface area contributed by atoms with E-state index in [0.717, 1.165) is 40.5 Å². The Labute approximate surface area is 360 Å². The van der Waals surface area contributed by atoms with Crippen molar-refractivity contribution < 1.29 is 33.0 Å². The van der Waals surface area contributed by atoms with Gasteiger partial charge < -0.3 is 24.4 Å². The van der Waals surface area contributed by atoms with Crippen LogP contribution in [0.5, 0.6) is 5.75 Å². The zero-order chi connectivity index (χ0) is 42.5. The lowest BCUT2D eigenvalue weighted by Crippen LogP contribution is -2.58. The molecule has 2 aromatic heterocycles. The van der Waals surface area contributed by atoms with Gasteiger partial charge in [0.25, 0.3) is 5.91 Å². The van der Waals surface area contributed by atoms with Crippen LogP contribution in [0.25, 0.3) is 10.1 Å². The van der Waals surface area contributed by atoms with Gasteiger partial charge in [0.1, 0.15) is 30.5 Å². The normalized spacial score (nSPS) is 20.6. The van der Waals surface area contributed by atoms with Crippen molar-refractivity contribution in [1.82, 2.24) is 25.2 Å². The number of thiophene rings is 1. The van der Waals surface area contributed by atoms with Gasteiger partial charge in [-0.25, -0.2) is 5.09 Å². The summed E-state index contributed by atoms with van der Waals surface area (Å²) in [6, 6.07) is 27.4. The van der Waals surface area contributed by atoms with Gasteiger partial charge in [-0.05, 0) is 103 Å². The Morgan fingerprint density at radius 3 is 2.41 bits per heavy atom. The summed E-state index contributed by atoms with van der Waals surface area (Å²) in [5.41, 5.74) is 2.65. The number of rotatable bonds is 15. The first-order valence-corrected chi connectivity index (χ1v) is 23.8. The quantitative estimate of drug-likeness (QED) is 0.0788. The fourth-order valence-electron chi connectivity index (χ4n) is 8.70. The minimum absolute atomic E-state index is 0.0154. The van der Waals surface area contributed by atoms with E-state index in [-0.39, 0.29) is 48.4 Å². The van der Waals surface area contributed by atoms with Crippen molar-refractivity contribution in [1.29, 1.82) is 0 Å². The van der Waals surface area contributed by atoms with Gasteiger partial charge in [0.05, 0.1) is 11.0 Å². The summed E-state index contributed by atoms with van der Waals surface area (Å²) >= 11 is 1.31. The summed E-state index contributed by atoms with van der Waals surface area (Å²) in [4.78, 5) is 63.5. The average molecular weight is 862 g/mol. The monoisotopic (exact) mass is 861 g/mol. The highest BCUT2D eigenvalue weighted by Crippen LogP contribution is 2.48. The van der Waals surface area contributed by atoms with E-state index in [1.807, 2.05) is 91.7 Å². The molecule has 0 radical (unpaired) electrons. The Kier molecular flexibility index (Phi) is 13.0. The van der Waals surface area contributed by atoms with Crippen molar-refractivity contribution in [3.63, 3.8) is 0 Å². The number of nitrogens with zero attached hydrogens (tertiary/aromatic N) is 3. The van der Waals surface area contributed by atoms with Crippen LogP contribution in [-0.4, -0.2) is 75.7 Å². The molecule has 3 saturated heterocycles. The average Bonchev–Trinajstić information content (AvgIpc) is 3.83. The van der Waals surface area contributed by atoms with Crippen molar-refractivity contribution >= 4 is 52.6 Å². The third kappa shape index (κ3) is 10.1. The molecule has 3 fully saturated rings. The molecule has 3 aliphatic heterocycles. The maximum atomic E-state index is 14.9. The van der Waals surface area contributed by atoms with E-state index in [1.165, 1.54) is 11.3 Å². The summed E-state index contributed by atoms with van der Waals surface area (Å²) in [5, 5.41) is 6.90. The number of hydrogen-bond donors (Lipinski definition) is 2. The molecule has 0 aliphatic carbocycles. The van der Waals surface area contributed by atoms with E-state index in [9.17, 15) is 23.7 Å². The second kappa shape index (κ2) is 18.7. The van der Waals surface area contributed by atoms with E-state index >= 15 is 0 Å². The molecule has 5 atom stereocenters. The molecule has 2 N–H and O–H groups in total. The molecule has 61 heavy (non-hydrogen) atoms. The highest BCUT2D eigenvalue weighted by molar-refractivity contribution is 7.56. The number of fused-ring (bicyclic) bond motifs is 2. The number of pyridine rings is 1. The lowest BCUT2D eigenvalue weighted by atomic mass is 9.92. The lowest BCUT2D eigenvalue weighted by molar-refractivity contribution is -0.148. The van der Waals surface area contributed by atoms with Gasteiger partial charge in [-0.2, -0.15) is 0 Å². The predicted molar refractivity (Wildman–Crippen MR) is 235 cm³/mol. The number of amides is 3. The molecule has 0 bridgehead atoms. The highest BCUT2D eigenvalue weighted by Gasteiger charge is 2.47. The third-order valence-electron chi connectivity index (χ3n) is 11.8. The van der Waals surface area contributed by atoms with Crippen LogP contribution in [0.15, 0.2) is 109 Å². The minimum atomic E-state index is -3.79. The first kappa shape index (κ1) is 42.3. The number of hydrogen-bond acceptors (Lipinski definition) is 9. The molecule has 5 heterocycles. The SMILES string of the molecule is CC(C)C[C@H](NP(=O)(Cc1ccc2sc(C(=O)NC3CCC[C@H]4CC[C@@H](C(=O)N5CC(c6cccnc6)C5)N4C3=O)cc2c1)Oc1ccccc1)C(=O)OCc1ccccc1. The molecule has 3 amide bonds. The van der Waals surface area contributed by atoms with E-state index in [1.54, 1.807) is 41.4 Å². The number of nitrogens with one attached hydrogen (secondary N) is 2. The topological polar surface area (TPSA) is 147 Å². The Morgan fingerprint density at radius 2 is 1.67 bits per heavy atom. The third-order valence-corrected chi connectivity index (χ3v) is 14.9. The van der Waals surface area contributed by atoms with Gasteiger partial charge >= 0.3 is 13.5 Å². The Balaban J connectivity index is 0.949. The van der Waals surface area contributed by atoms with Gasteiger partial charge in [-0.1, -0.05) is 74.5 Å². The standard InChI is InChI=1S/C47H52N5O7PS/c1-31(2)23-40(47(56)58-29-32-11-5-3-6-12-32)50-60(57,59-38-15-7-4-8-16-38)30-33-18-21-42-35(24-33)25-43(61-42)44(53)49-39-17-9-14-37-19-20-41(52(37)45(39)54)46(55)51-27-36(28-51)34-13-10-22-48-26-34/h3-8,10-13,15-16,18,21-22,24-26,31,36-37,39-41H,9,14,17,19-20,23,27-30H2,1-2H3,(H,49,53)(H,50,57)/t37-,39?,40-,41-,60?/m0/s1. The second-order valence-corrected chi connectivity index (χ2v) is 20.0. The van der Waals surface area contributed by atoms with Gasteiger partial charge in [-0.3, -0.25) is 28.7 Å². The molecule has 2 unspecified atom stereocenters. The van der Waals surface area contributed by atoms with Crippen LogP contribution in [0.2, 0.25) is 0 Å². The van der Waals surface area contributed by atoms with Crippen molar-refractivity contribution in [2.45, 2.75) is 95.2 Å². The predicted octanol–water partition coefficient (Wildman–Crippen LogP) is 8.08. The van der Waals surface area contributed by atoms with Gasteiger partial charge in [0, 0.05) is 42.1 Å². The number of ether oxygens (including phenoxy) is 1. The summed E-state index contributed by atoms with van der Waals surface area (Å²) in [5.74, 6) is -0.353. The molecule has 318 valence electrons. The Morgan fingerprint density at radius 1 is 0.902 bits per heavy atom. The molecular formula is C47H52N5O7PS. The molecule has 0 spiro atoms. The van der Waals surface area contributed by atoms with Gasteiger partial charge in [0.15, 0.2) is 0 Å². The van der Waals surface area contributed by atoms with Crippen LogP contribution < -0.4 is 14.9 Å². The number of para-hydroxylation sites is 1. The van der Waals surface area contributed by atoms with E-state index in [4.69, 9.17) is 9.26 Å². The van der Waals surface area contributed by atoms with Crippen LogP contribution in [0.3, 0.4) is 0 Å². The molecule has 8 rings (SSSR count).